The van der Waals surface area contributed by atoms with E-state index in [0.29, 0.717) is 37.1 Å². The van der Waals surface area contributed by atoms with Crippen molar-refractivity contribution < 1.29 is 14.3 Å². The van der Waals surface area contributed by atoms with Crippen molar-refractivity contribution in [2.75, 3.05) is 13.2 Å². The van der Waals surface area contributed by atoms with E-state index in [0.717, 1.165) is 5.69 Å². The molecule has 2 aromatic heterocycles. The number of pyridine rings is 1. The molecule has 7 heteroatoms. The van der Waals surface area contributed by atoms with Crippen molar-refractivity contribution >= 4 is 5.91 Å². The van der Waals surface area contributed by atoms with Gasteiger partial charge in [0.2, 0.25) is 5.88 Å². The van der Waals surface area contributed by atoms with Gasteiger partial charge in [0.1, 0.15) is 11.8 Å². The Kier molecular flexibility index (Phi) is 4.17. The van der Waals surface area contributed by atoms with Crippen LogP contribution in [0.3, 0.4) is 0 Å². The molecule has 1 amide bonds. The van der Waals surface area contributed by atoms with Crippen LogP contribution < -0.4 is 10.1 Å². The third-order valence-electron chi connectivity index (χ3n) is 4.38. The summed E-state index contributed by atoms with van der Waals surface area (Å²) in [5, 5.41) is 10.1. The summed E-state index contributed by atoms with van der Waals surface area (Å²) < 4.78 is 11.4. The Balaban J connectivity index is 1.41. The summed E-state index contributed by atoms with van der Waals surface area (Å²) in [6, 6.07) is 7.21. The molecule has 0 radical (unpaired) electrons. The third kappa shape index (κ3) is 3.41. The number of amides is 1. The average Bonchev–Trinajstić information content (AvgIpc) is 3.34. The Labute approximate surface area is 139 Å². The topological polar surface area (TPSA) is 89.1 Å². The van der Waals surface area contributed by atoms with Crippen molar-refractivity contribution in [3.63, 3.8) is 0 Å². The van der Waals surface area contributed by atoms with Crippen molar-refractivity contribution in [2.45, 2.75) is 37.3 Å². The molecule has 126 valence electrons. The van der Waals surface area contributed by atoms with Crippen LogP contribution in [0.4, 0.5) is 0 Å². The van der Waals surface area contributed by atoms with E-state index in [1.807, 2.05) is 18.2 Å². The van der Waals surface area contributed by atoms with Gasteiger partial charge in [-0.1, -0.05) is 6.07 Å². The minimum absolute atomic E-state index is 0.130. The van der Waals surface area contributed by atoms with Gasteiger partial charge in [0, 0.05) is 30.5 Å². The van der Waals surface area contributed by atoms with Crippen molar-refractivity contribution in [3.8, 4) is 5.88 Å². The van der Waals surface area contributed by atoms with Gasteiger partial charge in [0.15, 0.2) is 0 Å². The van der Waals surface area contributed by atoms with Crippen LogP contribution in [0.1, 0.15) is 41.4 Å². The minimum Gasteiger partial charge on any atom is -0.470 e. The normalized spacial score (nSPS) is 23.7. The SMILES string of the molecule is O=C(N[C@@H]1CCOC[C@H]1Oc1ccccn1)c1cc(C2CC2)[nH]n1. The number of ether oxygens (including phenoxy) is 2. The summed E-state index contributed by atoms with van der Waals surface area (Å²) in [6.45, 7) is 1.02. The van der Waals surface area contributed by atoms with E-state index in [-0.39, 0.29) is 18.1 Å². The van der Waals surface area contributed by atoms with Gasteiger partial charge in [-0.3, -0.25) is 9.89 Å². The Morgan fingerprint density at radius 1 is 1.33 bits per heavy atom. The molecule has 2 fully saturated rings. The number of carbonyl (C=O) groups excluding carboxylic acids is 1. The Morgan fingerprint density at radius 2 is 2.25 bits per heavy atom. The molecule has 2 aromatic rings. The predicted molar refractivity (Wildman–Crippen MR) is 85.9 cm³/mol. The van der Waals surface area contributed by atoms with Gasteiger partial charge in [0.25, 0.3) is 5.91 Å². The molecule has 1 aliphatic heterocycles. The first-order valence-corrected chi connectivity index (χ1v) is 8.31. The highest BCUT2D eigenvalue weighted by atomic mass is 16.5. The first-order valence-electron chi connectivity index (χ1n) is 8.31. The molecular formula is C17H20N4O3. The molecule has 0 unspecified atom stereocenters. The fraction of sp³-hybridized carbons (Fsp3) is 0.471. The summed E-state index contributed by atoms with van der Waals surface area (Å²) in [5.41, 5.74) is 1.48. The summed E-state index contributed by atoms with van der Waals surface area (Å²) in [5.74, 6) is 0.894. The largest absolute Gasteiger partial charge is 0.470 e. The van der Waals surface area contributed by atoms with Gasteiger partial charge >= 0.3 is 0 Å². The van der Waals surface area contributed by atoms with E-state index in [1.54, 1.807) is 12.3 Å². The van der Waals surface area contributed by atoms with Crippen LogP contribution in [0.2, 0.25) is 0 Å². The van der Waals surface area contributed by atoms with Crippen LogP contribution in [-0.4, -0.2) is 46.4 Å². The lowest BCUT2D eigenvalue weighted by Gasteiger charge is -2.31. The van der Waals surface area contributed by atoms with Crippen LogP contribution in [0, 0.1) is 0 Å². The Morgan fingerprint density at radius 3 is 3.04 bits per heavy atom. The molecule has 2 aliphatic rings. The van der Waals surface area contributed by atoms with Gasteiger partial charge in [-0.25, -0.2) is 4.98 Å². The number of aromatic nitrogens is 3. The van der Waals surface area contributed by atoms with Crippen LogP contribution in [0.5, 0.6) is 5.88 Å². The zero-order chi connectivity index (χ0) is 16.4. The Hall–Kier alpha value is -2.41. The monoisotopic (exact) mass is 328 g/mol. The van der Waals surface area contributed by atoms with Crippen molar-refractivity contribution in [3.05, 3.63) is 41.9 Å². The van der Waals surface area contributed by atoms with Crippen LogP contribution in [0.25, 0.3) is 0 Å². The number of hydrogen-bond acceptors (Lipinski definition) is 5. The highest BCUT2D eigenvalue weighted by Gasteiger charge is 2.31. The highest BCUT2D eigenvalue weighted by Crippen LogP contribution is 2.39. The molecule has 1 aliphatic carbocycles. The molecule has 0 spiro atoms. The maximum atomic E-state index is 12.5. The number of H-pyrrole nitrogens is 1. The summed E-state index contributed by atoms with van der Waals surface area (Å²) in [7, 11) is 0. The van der Waals surface area contributed by atoms with Gasteiger partial charge < -0.3 is 14.8 Å². The van der Waals surface area contributed by atoms with Gasteiger partial charge in [-0.15, -0.1) is 0 Å². The summed E-state index contributed by atoms with van der Waals surface area (Å²) in [4.78, 5) is 16.6. The van der Waals surface area contributed by atoms with Crippen molar-refractivity contribution in [1.29, 1.82) is 0 Å². The molecule has 2 atom stereocenters. The molecule has 4 rings (SSSR count). The molecule has 3 heterocycles. The second-order valence-corrected chi connectivity index (χ2v) is 6.25. The molecule has 1 saturated carbocycles. The fourth-order valence-electron chi connectivity index (χ4n) is 2.86. The Bertz CT molecular complexity index is 699. The zero-order valence-electron chi connectivity index (χ0n) is 13.3. The van der Waals surface area contributed by atoms with E-state index in [2.05, 4.69) is 20.5 Å². The van der Waals surface area contributed by atoms with E-state index >= 15 is 0 Å². The van der Waals surface area contributed by atoms with E-state index in [1.165, 1.54) is 12.8 Å². The zero-order valence-corrected chi connectivity index (χ0v) is 13.3. The molecule has 0 bridgehead atoms. The maximum Gasteiger partial charge on any atom is 0.272 e. The van der Waals surface area contributed by atoms with E-state index in [9.17, 15) is 4.79 Å². The average molecular weight is 328 g/mol. The lowest BCUT2D eigenvalue weighted by molar-refractivity contribution is -0.0153. The van der Waals surface area contributed by atoms with Crippen molar-refractivity contribution in [1.82, 2.24) is 20.5 Å². The summed E-state index contributed by atoms with van der Waals surface area (Å²) >= 11 is 0. The second kappa shape index (κ2) is 6.60. The second-order valence-electron chi connectivity index (χ2n) is 6.25. The van der Waals surface area contributed by atoms with Crippen LogP contribution in [0.15, 0.2) is 30.5 Å². The van der Waals surface area contributed by atoms with E-state index in [4.69, 9.17) is 9.47 Å². The first kappa shape index (κ1) is 15.1. The smallest absolute Gasteiger partial charge is 0.272 e. The van der Waals surface area contributed by atoms with Gasteiger partial charge in [-0.05, 0) is 31.4 Å². The van der Waals surface area contributed by atoms with Crippen molar-refractivity contribution in [2.24, 2.45) is 0 Å². The first-order chi connectivity index (χ1) is 11.8. The molecular weight excluding hydrogens is 308 g/mol. The third-order valence-corrected chi connectivity index (χ3v) is 4.38. The van der Waals surface area contributed by atoms with Crippen LogP contribution in [-0.2, 0) is 4.74 Å². The fourth-order valence-corrected chi connectivity index (χ4v) is 2.86. The number of rotatable bonds is 5. The van der Waals surface area contributed by atoms with Gasteiger partial charge in [-0.2, -0.15) is 5.10 Å². The van der Waals surface area contributed by atoms with Gasteiger partial charge in [0.05, 0.1) is 12.6 Å². The number of hydrogen-bond donors (Lipinski definition) is 2. The summed E-state index contributed by atoms with van der Waals surface area (Å²) in [6.07, 6.45) is 4.45. The molecule has 7 nitrogen and oxygen atoms in total. The molecule has 2 N–H and O–H groups in total. The van der Waals surface area contributed by atoms with Crippen LogP contribution >= 0.6 is 0 Å². The number of aromatic amines is 1. The predicted octanol–water partition coefficient (Wildman–Crippen LogP) is 1.65. The molecule has 0 aromatic carbocycles. The lowest BCUT2D eigenvalue weighted by Crippen LogP contribution is -2.51. The molecule has 24 heavy (non-hydrogen) atoms. The number of carbonyl (C=O) groups is 1. The van der Waals surface area contributed by atoms with E-state index < -0.39 is 0 Å². The standard InChI is InChI=1S/C17H20N4O3/c22-17(14-9-13(20-21-14)11-4-5-11)19-12-6-8-23-10-15(12)24-16-3-1-2-7-18-16/h1-3,7,9,11-12,15H,4-6,8,10H2,(H,19,22)(H,20,21)/t12-,15-/m1/s1. The molecule has 1 saturated heterocycles. The maximum absolute atomic E-state index is 12.5. The lowest BCUT2D eigenvalue weighted by atomic mass is 10.1. The number of nitrogens with one attached hydrogen (secondary N) is 2. The highest BCUT2D eigenvalue weighted by molar-refractivity contribution is 5.92. The number of nitrogens with zero attached hydrogens (tertiary/aromatic N) is 2. The quantitative estimate of drug-likeness (QED) is 0.871. The minimum atomic E-state index is -0.264.